The van der Waals surface area contributed by atoms with E-state index < -0.39 is 35.4 Å². The van der Waals surface area contributed by atoms with Crippen molar-refractivity contribution >= 4 is 23.6 Å². The second-order valence-electron chi connectivity index (χ2n) is 8.11. The lowest BCUT2D eigenvalue weighted by Gasteiger charge is -2.38. The van der Waals surface area contributed by atoms with E-state index in [1.807, 2.05) is 6.92 Å². The zero-order chi connectivity index (χ0) is 23.8. The van der Waals surface area contributed by atoms with Crippen LogP contribution in [-0.2, 0) is 16.1 Å². The van der Waals surface area contributed by atoms with Crippen molar-refractivity contribution in [1.29, 1.82) is 0 Å². The summed E-state index contributed by atoms with van der Waals surface area (Å²) in [6.45, 7) is 4.07. The van der Waals surface area contributed by atoms with Gasteiger partial charge in [0.1, 0.15) is 17.5 Å². The highest BCUT2D eigenvalue weighted by Gasteiger charge is 2.52. The molecule has 1 aromatic carbocycles. The van der Waals surface area contributed by atoms with Crippen molar-refractivity contribution in [2.75, 3.05) is 6.61 Å². The van der Waals surface area contributed by atoms with Gasteiger partial charge in [-0.1, -0.05) is 6.07 Å². The van der Waals surface area contributed by atoms with Gasteiger partial charge in [-0.25, -0.2) is 0 Å². The number of carbonyl (C=O) groups is 4. The van der Waals surface area contributed by atoms with E-state index in [1.165, 1.54) is 19.2 Å². The summed E-state index contributed by atoms with van der Waals surface area (Å²) in [4.78, 5) is 55.1. The van der Waals surface area contributed by atoms with Gasteiger partial charge in [0.05, 0.1) is 29.6 Å². The third kappa shape index (κ3) is 4.10. The number of fused-ring (bicyclic) bond motifs is 1. The Labute approximate surface area is 189 Å². The number of imide groups is 2. The molecule has 1 fully saturated rings. The summed E-state index contributed by atoms with van der Waals surface area (Å²) in [5.74, 6) is -1.65. The predicted molar refractivity (Wildman–Crippen MR) is 115 cm³/mol. The molecule has 2 aliphatic rings. The maximum atomic E-state index is 13.1. The first kappa shape index (κ1) is 22.6. The summed E-state index contributed by atoms with van der Waals surface area (Å²) in [6, 6.07) is 8.12. The number of aliphatic hydroxyl groups is 1. The highest BCUT2D eigenvalue weighted by molar-refractivity contribution is 6.24. The molecule has 0 bridgehead atoms. The van der Waals surface area contributed by atoms with Crippen LogP contribution in [0.3, 0.4) is 0 Å². The van der Waals surface area contributed by atoms with Crippen LogP contribution in [-0.4, -0.2) is 50.8 Å². The first-order chi connectivity index (χ1) is 15.7. The molecule has 0 aliphatic carbocycles. The van der Waals surface area contributed by atoms with E-state index in [0.29, 0.717) is 23.6 Å². The van der Waals surface area contributed by atoms with E-state index in [1.54, 1.807) is 24.3 Å². The molecule has 172 valence electrons. The number of aromatic nitrogens is 1. The van der Waals surface area contributed by atoms with Crippen molar-refractivity contribution in [2.24, 2.45) is 0 Å². The van der Waals surface area contributed by atoms with Crippen LogP contribution in [0.2, 0.25) is 0 Å². The summed E-state index contributed by atoms with van der Waals surface area (Å²) in [6.07, 6.45) is 0.583. The fraction of sp³-hybridized carbons (Fsp3) is 0.348. The monoisotopic (exact) mass is 452 g/mol. The SMILES string of the molecule is CCOc1ccc(C(O)NCc2ccc3c(c2)C(=O)N(C2(C)CCC(=O)NC2=O)C3=O)nc1. The molecule has 0 radical (unpaired) electrons. The van der Waals surface area contributed by atoms with Crippen LogP contribution >= 0.6 is 0 Å². The third-order valence-electron chi connectivity index (χ3n) is 5.88. The Bertz CT molecular complexity index is 1130. The molecule has 3 N–H and O–H groups in total. The minimum Gasteiger partial charge on any atom is -0.492 e. The van der Waals surface area contributed by atoms with Gasteiger partial charge in [-0.3, -0.25) is 39.7 Å². The van der Waals surface area contributed by atoms with Crippen LogP contribution in [0.15, 0.2) is 36.5 Å². The largest absolute Gasteiger partial charge is 0.492 e. The molecule has 0 saturated carbocycles. The maximum absolute atomic E-state index is 13.1. The van der Waals surface area contributed by atoms with Crippen molar-refractivity contribution in [1.82, 2.24) is 20.5 Å². The highest BCUT2D eigenvalue weighted by atomic mass is 16.5. The molecule has 33 heavy (non-hydrogen) atoms. The molecule has 1 aromatic heterocycles. The molecule has 4 rings (SSSR count). The quantitative estimate of drug-likeness (QED) is 0.419. The van der Waals surface area contributed by atoms with Gasteiger partial charge >= 0.3 is 0 Å². The number of nitrogens with one attached hydrogen (secondary N) is 2. The molecule has 2 atom stereocenters. The van der Waals surface area contributed by atoms with E-state index in [-0.39, 0.29) is 30.5 Å². The molecular weight excluding hydrogens is 428 g/mol. The van der Waals surface area contributed by atoms with Crippen LogP contribution in [0.4, 0.5) is 0 Å². The lowest BCUT2D eigenvalue weighted by Crippen LogP contribution is -2.62. The smallest absolute Gasteiger partial charge is 0.262 e. The number of hydrogen-bond donors (Lipinski definition) is 3. The zero-order valence-corrected chi connectivity index (χ0v) is 18.3. The van der Waals surface area contributed by atoms with Gasteiger partial charge < -0.3 is 9.84 Å². The molecule has 2 aromatic rings. The second-order valence-corrected chi connectivity index (χ2v) is 8.11. The fourth-order valence-corrected chi connectivity index (χ4v) is 3.98. The molecule has 0 spiro atoms. The lowest BCUT2D eigenvalue weighted by atomic mass is 9.89. The number of aliphatic hydroxyl groups excluding tert-OH is 1. The Morgan fingerprint density at radius 2 is 1.94 bits per heavy atom. The van der Waals surface area contributed by atoms with E-state index in [0.717, 1.165) is 4.90 Å². The van der Waals surface area contributed by atoms with Crippen LogP contribution in [0, 0.1) is 0 Å². The number of benzene rings is 1. The van der Waals surface area contributed by atoms with Gasteiger partial charge in [0.15, 0.2) is 0 Å². The van der Waals surface area contributed by atoms with Crippen molar-refractivity contribution in [3.8, 4) is 5.75 Å². The summed E-state index contributed by atoms with van der Waals surface area (Å²) in [7, 11) is 0. The third-order valence-corrected chi connectivity index (χ3v) is 5.88. The number of rotatable bonds is 7. The van der Waals surface area contributed by atoms with E-state index in [2.05, 4.69) is 15.6 Å². The molecule has 2 aliphatic heterocycles. The number of piperidine rings is 1. The predicted octanol–water partition coefficient (Wildman–Crippen LogP) is 1.05. The van der Waals surface area contributed by atoms with Crippen molar-refractivity contribution in [3.05, 3.63) is 58.9 Å². The molecule has 10 nitrogen and oxygen atoms in total. The number of pyridine rings is 1. The first-order valence-electron chi connectivity index (χ1n) is 10.6. The Morgan fingerprint density at radius 1 is 1.18 bits per heavy atom. The Hall–Kier alpha value is -3.63. The maximum Gasteiger partial charge on any atom is 0.262 e. The standard InChI is InChI=1S/C23H24N4O6/c1-3-33-14-5-7-17(24-12-14)19(29)25-11-13-4-6-15-16(10-13)21(31)27(20(15)30)23(2)9-8-18(28)26-22(23)32/h4-7,10,12,19,25,29H,3,8-9,11H2,1-2H3,(H,26,28,32). The van der Waals surface area contributed by atoms with Crippen LogP contribution in [0.1, 0.15) is 64.9 Å². The van der Waals surface area contributed by atoms with Gasteiger partial charge in [-0.2, -0.15) is 0 Å². The Morgan fingerprint density at radius 3 is 2.61 bits per heavy atom. The number of carbonyl (C=O) groups excluding carboxylic acids is 4. The molecule has 2 unspecified atom stereocenters. The van der Waals surface area contributed by atoms with Gasteiger partial charge in [0, 0.05) is 13.0 Å². The average molecular weight is 452 g/mol. The van der Waals surface area contributed by atoms with Crippen molar-refractivity contribution in [3.63, 3.8) is 0 Å². The van der Waals surface area contributed by atoms with Gasteiger partial charge in [0.25, 0.3) is 17.7 Å². The fourth-order valence-electron chi connectivity index (χ4n) is 3.98. The zero-order valence-electron chi connectivity index (χ0n) is 18.3. The molecule has 10 heteroatoms. The number of nitrogens with zero attached hydrogens (tertiary/aromatic N) is 2. The normalized spacial score (nSPS) is 21.1. The number of amides is 4. The summed E-state index contributed by atoms with van der Waals surface area (Å²) in [5, 5.41) is 15.5. The number of hydrogen-bond acceptors (Lipinski definition) is 8. The first-order valence-corrected chi connectivity index (χ1v) is 10.6. The average Bonchev–Trinajstić information content (AvgIpc) is 3.05. The van der Waals surface area contributed by atoms with Crippen LogP contribution < -0.4 is 15.4 Å². The summed E-state index contributed by atoms with van der Waals surface area (Å²) < 4.78 is 5.33. The Kier molecular flexibility index (Phi) is 5.96. The lowest BCUT2D eigenvalue weighted by molar-refractivity contribution is -0.140. The van der Waals surface area contributed by atoms with E-state index in [9.17, 15) is 24.3 Å². The molecular formula is C23H24N4O6. The second kappa shape index (κ2) is 8.72. The van der Waals surface area contributed by atoms with E-state index in [4.69, 9.17) is 4.74 Å². The highest BCUT2D eigenvalue weighted by Crippen LogP contribution is 2.34. The van der Waals surface area contributed by atoms with Crippen molar-refractivity contribution < 1.29 is 29.0 Å². The number of ether oxygens (including phenoxy) is 1. The van der Waals surface area contributed by atoms with Gasteiger partial charge in [0.2, 0.25) is 5.91 Å². The van der Waals surface area contributed by atoms with Crippen LogP contribution in [0.5, 0.6) is 5.75 Å². The van der Waals surface area contributed by atoms with Crippen LogP contribution in [0.25, 0.3) is 0 Å². The van der Waals surface area contributed by atoms with Crippen molar-refractivity contribution in [2.45, 2.75) is 45.0 Å². The minimum atomic E-state index is -1.44. The Balaban J connectivity index is 1.47. The molecule has 4 amide bonds. The molecule has 3 heterocycles. The summed E-state index contributed by atoms with van der Waals surface area (Å²) >= 11 is 0. The van der Waals surface area contributed by atoms with E-state index >= 15 is 0 Å². The molecule has 1 saturated heterocycles. The topological polar surface area (TPSA) is 138 Å². The summed E-state index contributed by atoms with van der Waals surface area (Å²) in [5.41, 5.74) is 0.00923. The van der Waals surface area contributed by atoms with Gasteiger partial charge in [-0.05, 0) is 50.1 Å². The minimum absolute atomic E-state index is 0.0439. The van der Waals surface area contributed by atoms with Gasteiger partial charge in [-0.15, -0.1) is 0 Å².